The van der Waals surface area contributed by atoms with Crippen molar-refractivity contribution in [2.45, 2.75) is 25.8 Å². The number of amides is 1. The van der Waals surface area contributed by atoms with E-state index in [1.54, 1.807) is 30.0 Å². The lowest BCUT2D eigenvalue weighted by molar-refractivity contribution is -0.121. The van der Waals surface area contributed by atoms with Crippen LogP contribution in [0.4, 0.5) is 0 Å². The Labute approximate surface area is 117 Å². The molecule has 1 amide bonds. The van der Waals surface area contributed by atoms with Crippen molar-refractivity contribution in [1.29, 1.82) is 0 Å². The van der Waals surface area contributed by atoms with Crippen molar-refractivity contribution < 1.29 is 14.7 Å². The van der Waals surface area contributed by atoms with Crippen LogP contribution in [-0.2, 0) is 11.2 Å². The van der Waals surface area contributed by atoms with Gasteiger partial charge in [-0.15, -0.1) is 0 Å². The third-order valence-corrected chi connectivity index (χ3v) is 3.41. The minimum atomic E-state index is -1.00. The lowest BCUT2D eigenvalue weighted by Crippen LogP contribution is -2.34. The summed E-state index contributed by atoms with van der Waals surface area (Å²) in [6.45, 7) is 1.96. The van der Waals surface area contributed by atoms with E-state index in [9.17, 15) is 9.59 Å². The molecule has 0 heterocycles. The molecule has 2 N–H and O–H groups in total. The molecule has 0 bridgehead atoms. The maximum Gasteiger partial charge on any atom is 0.335 e. The van der Waals surface area contributed by atoms with Gasteiger partial charge in [-0.25, -0.2) is 4.79 Å². The zero-order valence-corrected chi connectivity index (χ0v) is 12.0. The van der Waals surface area contributed by atoms with Crippen molar-refractivity contribution in [1.82, 2.24) is 5.32 Å². The Morgan fingerprint density at radius 3 is 2.68 bits per heavy atom. The summed E-state index contributed by atoms with van der Waals surface area (Å²) in [6.07, 6.45) is 3.04. The molecule has 0 spiro atoms. The minimum Gasteiger partial charge on any atom is -0.478 e. The monoisotopic (exact) mass is 281 g/mol. The summed E-state index contributed by atoms with van der Waals surface area (Å²) in [5.74, 6) is -0.145. The Hall–Kier alpha value is -1.49. The van der Waals surface area contributed by atoms with E-state index in [0.29, 0.717) is 5.56 Å². The highest BCUT2D eigenvalue weighted by Gasteiger charge is 2.13. The molecule has 1 atom stereocenters. The highest BCUT2D eigenvalue weighted by molar-refractivity contribution is 7.98. The van der Waals surface area contributed by atoms with Crippen LogP contribution in [0.5, 0.6) is 0 Å². The summed E-state index contributed by atoms with van der Waals surface area (Å²) >= 11 is 1.74. The van der Waals surface area contributed by atoms with E-state index >= 15 is 0 Å². The zero-order valence-electron chi connectivity index (χ0n) is 11.2. The average Bonchev–Trinajstić information content (AvgIpc) is 2.36. The fraction of sp³-hybridized carbons (Fsp3) is 0.429. The Morgan fingerprint density at radius 2 is 2.05 bits per heavy atom. The highest BCUT2D eigenvalue weighted by Crippen LogP contribution is 2.10. The maximum absolute atomic E-state index is 11.8. The molecule has 5 heteroatoms. The fourth-order valence-electron chi connectivity index (χ4n) is 1.75. The number of nitrogens with one attached hydrogen (secondary N) is 1. The molecule has 1 unspecified atom stereocenters. The molecule has 104 valence electrons. The lowest BCUT2D eigenvalue weighted by Gasteiger charge is -2.13. The highest BCUT2D eigenvalue weighted by atomic mass is 32.2. The second-order valence-electron chi connectivity index (χ2n) is 4.39. The standard InChI is InChI=1S/C14H19NO3S/c1-10(7-8-19-2)15-13(16)9-11-5-3-4-6-12(11)14(17)18/h3-6,10H,7-9H2,1-2H3,(H,15,16)(H,17,18). The van der Waals surface area contributed by atoms with Crippen molar-refractivity contribution >= 4 is 23.6 Å². The van der Waals surface area contributed by atoms with Gasteiger partial charge in [0.25, 0.3) is 0 Å². The minimum absolute atomic E-state index is 0.103. The quantitative estimate of drug-likeness (QED) is 0.804. The number of hydrogen-bond donors (Lipinski definition) is 2. The first-order valence-corrected chi connectivity index (χ1v) is 7.53. The van der Waals surface area contributed by atoms with Crippen molar-refractivity contribution in [2.24, 2.45) is 0 Å². The largest absolute Gasteiger partial charge is 0.478 e. The predicted octanol–water partition coefficient (Wildman–Crippen LogP) is 2.19. The summed E-state index contributed by atoms with van der Waals surface area (Å²) < 4.78 is 0. The van der Waals surface area contributed by atoms with Crippen LogP contribution in [0.2, 0.25) is 0 Å². The summed E-state index contributed by atoms with van der Waals surface area (Å²) in [5, 5.41) is 11.9. The molecule has 1 rings (SSSR count). The second-order valence-corrected chi connectivity index (χ2v) is 5.37. The molecule has 0 aliphatic rings. The molecule has 0 saturated carbocycles. The van der Waals surface area contributed by atoms with Crippen LogP contribution in [-0.4, -0.2) is 35.0 Å². The molecule has 4 nitrogen and oxygen atoms in total. The second kappa shape index (κ2) is 7.84. The van der Waals surface area contributed by atoms with Gasteiger partial charge in [0, 0.05) is 6.04 Å². The van der Waals surface area contributed by atoms with E-state index in [1.165, 1.54) is 6.07 Å². The first-order chi connectivity index (χ1) is 9.04. The first kappa shape index (κ1) is 15.6. The number of carbonyl (C=O) groups excluding carboxylic acids is 1. The van der Waals surface area contributed by atoms with E-state index in [2.05, 4.69) is 5.32 Å². The lowest BCUT2D eigenvalue weighted by atomic mass is 10.0. The van der Waals surface area contributed by atoms with Crippen molar-refractivity contribution in [2.75, 3.05) is 12.0 Å². The molecule has 0 fully saturated rings. The van der Waals surface area contributed by atoms with Gasteiger partial charge in [0.1, 0.15) is 0 Å². The van der Waals surface area contributed by atoms with Gasteiger partial charge in [-0.1, -0.05) is 18.2 Å². The van der Waals surface area contributed by atoms with Gasteiger partial charge in [0.2, 0.25) is 5.91 Å². The van der Waals surface area contributed by atoms with Crippen LogP contribution in [0.1, 0.15) is 29.3 Å². The van der Waals surface area contributed by atoms with Gasteiger partial charge in [-0.3, -0.25) is 4.79 Å². The van der Waals surface area contributed by atoms with Gasteiger partial charge < -0.3 is 10.4 Å². The molecule has 0 aromatic heterocycles. The number of aromatic carboxylic acids is 1. The number of rotatable bonds is 7. The zero-order chi connectivity index (χ0) is 14.3. The topological polar surface area (TPSA) is 66.4 Å². The van der Waals surface area contributed by atoms with Crippen molar-refractivity contribution in [3.05, 3.63) is 35.4 Å². The Balaban J connectivity index is 2.60. The van der Waals surface area contributed by atoms with Crippen molar-refractivity contribution in [3.63, 3.8) is 0 Å². The Morgan fingerprint density at radius 1 is 1.37 bits per heavy atom. The molecule has 0 saturated heterocycles. The fourth-order valence-corrected chi connectivity index (χ4v) is 2.34. The molecule has 1 aromatic carbocycles. The molecule has 1 aromatic rings. The van der Waals surface area contributed by atoms with Crippen LogP contribution in [0.15, 0.2) is 24.3 Å². The third-order valence-electron chi connectivity index (χ3n) is 2.76. The first-order valence-electron chi connectivity index (χ1n) is 6.14. The molecule has 0 radical (unpaired) electrons. The van der Waals surface area contributed by atoms with E-state index < -0.39 is 5.97 Å². The number of benzene rings is 1. The number of carboxylic acids is 1. The van der Waals surface area contributed by atoms with E-state index in [-0.39, 0.29) is 23.9 Å². The van der Waals surface area contributed by atoms with Crippen LogP contribution >= 0.6 is 11.8 Å². The van der Waals surface area contributed by atoms with Crippen molar-refractivity contribution in [3.8, 4) is 0 Å². The smallest absolute Gasteiger partial charge is 0.335 e. The van der Waals surface area contributed by atoms with Gasteiger partial charge in [-0.05, 0) is 37.0 Å². The molecular weight excluding hydrogens is 262 g/mol. The Bertz CT molecular complexity index is 448. The molecular formula is C14H19NO3S. The van der Waals surface area contributed by atoms with Crippen LogP contribution in [0, 0.1) is 0 Å². The van der Waals surface area contributed by atoms with Gasteiger partial charge >= 0.3 is 5.97 Å². The number of carbonyl (C=O) groups is 2. The van der Waals surface area contributed by atoms with Gasteiger partial charge in [0.05, 0.1) is 12.0 Å². The third kappa shape index (κ3) is 5.34. The van der Waals surface area contributed by atoms with E-state index in [0.717, 1.165) is 12.2 Å². The molecule has 19 heavy (non-hydrogen) atoms. The number of carboxylic acid groups (broad SMARTS) is 1. The van der Waals surface area contributed by atoms with Crippen LogP contribution in [0.3, 0.4) is 0 Å². The van der Waals surface area contributed by atoms with E-state index in [4.69, 9.17) is 5.11 Å². The summed E-state index contributed by atoms with van der Waals surface area (Å²) in [6, 6.07) is 6.70. The Kier molecular flexibility index (Phi) is 6.42. The van der Waals surface area contributed by atoms with Crippen LogP contribution in [0.25, 0.3) is 0 Å². The summed E-state index contributed by atoms with van der Waals surface area (Å²) in [7, 11) is 0. The van der Waals surface area contributed by atoms with Crippen LogP contribution < -0.4 is 5.32 Å². The SMILES string of the molecule is CSCCC(C)NC(=O)Cc1ccccc1C(=O)O. The molecule has 0 aliphatic carbocycles. The average molecular weight is 281 g/mol. The van der Waals surface area contributed by atoms with Gasteiger partial charge in [-0.2, -0.15) is 11.8 Å². The number of thioether (sulfide) groups is 1. The normalized spacial score (nSPS) is 11.9. The van der Waals surface area contributed by atoms with E-state index in [1.807, 2.05) is 13.2 Å². The molecule has 0 aliphatic heterocycles. The number of hydrogen-bond acceptors (Lipinski definition) is 3. The summed E-state index contributed by atoms with van der Waals surface area (Å²) in [5.41, 5.74) is 0.735. The summed E-state index contributed by atoms with van der Waals surface area (Å²) in [4.78, 5) is 22.9. The maximum atomic E-state index is 11.8. The predicted molar refractivity (Wildman–Crippen MR) is 77.7 cm³/mol. The van der Waals surface area contributed by atoms with Gasteiger partial charge in [0.15, 0.2) is 0 Å².